The molecule has 1 rings (SSSR count). The lowest BCUT2D eigenvalue weighted by molar-refractivity contribution is -0.392. The van der Waals surface area contributed by atoms with Gasteiger partial charge in [-0.1, -0.05) is 5.10 Å². The number of nitrogens with zero attached hydrogens (tertiary/aromatic N) is 3. The molecule has 0 unspecified atom stereocenters. The first-order valence-corrected chi connectivity index (χ1v) is 3.35. The normalized spacial score (nSPS) is 9.25. The molecule has 62 valence electrons. The summed E-state index contributed by atoms with van der Waals surface area (Å²) in [4.78, 5) is 9.86. The van der Waals surface area contributed by atoms with Gasteiger partial charge in [-0.3, -0.25) is 0 Å². The minimum Gasteiger partial charge on any atom is -0.358 e. The van der Waals surface area contributed by atoms with Gasteiger partial charge in [0.05, 0.1) is 12.3 Å². The lowest BCUT2D eigenvalue weighted by atomic mass is 10.4. The molecule has 0 bridgehead atoms. The average Bonchev–Trinajstić information content (AvgIpc) is 2.48. The number of terminal acetylenes is 1. The Morgan fingerprint density at radius 2 is 2.58 bits per heavy atom. The van der Waals surface area contributed by atoms with Gasteiger partial charge in [-0.2, -0.15) is 0 Å². The predicted molar refractivity (Wildman–Crippen MR) is 42.3 cm³/mol. The van der Waals surface area contributed by atoms with Crippen molar-refractivity contribution in [2.75, 3.05) is 0 Å². The molecular formula is C7H7N3O2. The molecule has 0 atom stereocenters. The fourth-order valence-corrected chi connectivity index (χ4v) is 0.824. The highest BCUT2D eigenvalue weighted by Crippen LogP contribution is 2.08. The third-order valence-electron chi connectivity index (χ3n) is 1.35. The van der Waals surface area contributed by atoms with Crippen molar-refractivity contribution in [3.8, 4) is 12.3 Å². The van der Waals surface area contributed by atoms with E-state index in [1.807, 2.05) is 0 Å². The molecule has 0 saturated heterocycles. The summed E-state index contributed by atoms with van der Waals surface area (Å²) >= 11 is 0. The zero-order valence-electron chi connectivity index (χ0n) is 6.30. The monoisotopic (exact) mass is 165 g/mol. The van der Waals surface area contributed by atoms with E-state index in [0.717, 1.165) is 0 Å². The van der Waals surface area contributed by atoms with Crippen molar-refractivity contribution in [2.24, 2.45) is 0 Å². The van der Waals surface area contributed by atoms with Crippen molar-refractivity contribution < 1.29 is 4.92 Å². The van der Waals surface area contributed by atoms with E-state index < -0.39 is 4.92 Å². The highest BCUT2D eigenvalue weighted by Gasteiger charge is 2.11. The van der Waals surface area contributed by atoms with E-state index in [9.17, 15) is 10.1 Å². The zero-order valence-corrected chi connectivity index (χ0v) is 6.30. The lowest BCUT2D eigenvalue weighted by Gasteiger charge is -1.95. The maximum absolute atomic E-state index is 10.3. The summed E-state index contributed by atoms with van der Waals surface area (Å²) in [6.45, 7) is 0.389. The van der Waals surface area contributed by atoms with Crippen molar-refractivity contribution in [2.45, 2.75) is 13.0 Å². The largest absolute Gasteiger partial charge is 0.358 e. The van der Waals surface area contributed by atoms with Gasteiger partial charge in [0, 0.05) is 6.42 Å². The summed E-state index contributed by atoms with van der Waals surface area (Å²) in [6, 6.07) is 1.34. The van der Waals surface area contributed by atoms with E-state index >= 15 is 0 Å². The molecule has 0 fully saturated rings. The van der Waals surface area contributed by atoms with Gasteiger partial charge in [-0.05, 0) is 4.92 Å². The van der Waals surface area contributed by atoms with Crippen LogP contribution in [0.25, 0.3) is 0 Å². The second-order valence-corrected chi connectivity index (χ2v) is 2.12. The van der Waals surface area contributed by atoms with Crippen molar-refractivity contribution in [3.63, 3.8) is 0 Å². The first-order chi connectivity index (χ1) is 5.75. The number of nitro groups is 1. The minimum atomic E-state index is -0.483. The van der Waals surface area contributed by atoms with Gasteiger partial charge in [0.1, 0.15) is 6.54 Å². The van der Waals surface area contributed by atoms with Crippen molar-refractivity contribution >= 4 is 5.82 Å². The highest BCUT2D eigenvalue weighted by molar-refractivity contribution is 5.16. The third-order valence-corrected chi connectivity index (χ3v) is 1.35. The van der Waals surface area contributed by atoms with Crippen LogP contribution in [0.5, 0.6) is 0 Å². The Bertz CT molecular complexity index is 324. The van der Waals surface area contributed by atoms with E-state index in [-0.39, 0.29) is 5.82 Å². The van der Waals surface area contributed by atoms with Crippen molar-refractivity contribution in [3.05, 3.63) is 22.4 Å². The molecule has 5 nitrogen and oxygen atoms in total. The van der Waals surface area contributed by atoms with Crippen LogP contribution < -0.4 is 0 Å². The Morgan fingerprint density at radius 3 is 3.17 bits per heavy atom. The second-order valence-electron chi connectivity index (χ2n) is 2.12. The maximum atomic E-state index is 10.3. The first kappa shape index (κ1) is 8.27. The highest BCUT2D eigenvalue weighted by atomic mass is 16.6. The van der Waals surface area contributed by atoms with E-state index in [1.165, 1.54) is 16.9 Å². The predicted octanol–water partition coefficient (Wildman–Crippen LogP) is 0.815. The Kier molecular flexibility index (Phi) is 2.43. The molecule has 1 aromatic rings. The number of aromatic nitrogens is 2. The van der Waals surface area contributed by atoms with Crippen LogP contribution in [0.3, 0.4) is 0 Å². The standard InChI is InChI=1S/C7H7N3O2/c1-2-3-6-9-7(10(11)12)4-5-8-9/h1,4-5H,3,6H2. The van der Waals surface area contributed by atoms with Gasteiger partial charge in [-0.15, -0.1) is 17.0 Å². The Morgan fingerprint density at radius 1 is 1.83 bits per heavy atom. The van der Waals surface area contributed by atoms with Gasteiger partial charge in [0.2, 0.25) is 0 Å². The van der Waals surface area contributed by atoms with E-state index in [2.05, 4.69) is 11.0 Å². The molecule has 0 aliphatic heterocycles. The number of hydrogen-bond acceptors (Lipinski definition) is 3. The minimum absolute atomic E-state index is 0.0229. The molecule has 1 aromatic heterocycles. The molecule has 0 spiro atoms. The van der Waals surface area contributed by atoms with Gasteiger partial charge in [0.25, 0.3) is 0 Å². The van der Waals surface area contributed by atoms with Crippen LogP contribution in [0.15, 0.2) is 12.3 Å². The fraction of sp³-hybridized carbons (Fsp3) is 0.286. The molecule has 0 aromatic carbocycles. The summed E-state index contributed by atoms with van der Waals surface area (Å²) in [6.07, 6.45) is 6.84. The summed E-state index contributed by atoms with van der Waals surface area (Å²) in [5, 5.41) is 14.1. The van der Waals surface area contributed by atoms with Crippen LogP contribution in [-0.4, -0.2) is 14.7 Å². The van der Waals surface area contributed by atoms with Crippen LogP contribution in [0.4, 0.5) is 5.82 Å². The van der Waals surface area contributed by atoms with Crippen molar-refractivity contribution in [1.82, 2.24) is 9.78 Å². The Balaban J connectivity index is 2.79. The second kappa shape index (κ2) is 3.53. The zero-order chi connectivity index (χ0) is 8.97. The summed E-state index contributed by atoms with van der Waals surface area (Å²) < 4.78 is 1.28. The molecule has 0 aliphatic rings. The van der Waals surface area contributed by atoms with E-state index in [1.54, 1.807) is 0 Å². The van der Waals surface area contributed by atoms with Crippen molar-refractivity contribution in [1.29, 1.82) is 0 Å². The van der Waals surface area contributed by atoms with Crippen LogP contribution >= 0.6 is 0 Å². The molecule has 0 N–H and O–H groups in total. The maximum Gasteiger partial charge on any atom is 0.344 e. The Hall–Kier alpha value is -1.83. The number of hydrogen-bond donors (Lipinski definition) is 0. The van der Waals surface area contributed by atoms with E-state index in [4.69, 9.17) is 6.42 Å². The van der Waals surface area contributed by atoms with Gasteiger partial charge < -0.3 is 10.1 Å². The molecule has 1 heterocycles. The molecule has 0 saturated carbocycles. The lowest BCUT2D eigenvalue weighted by Crippen LogP contribution is -2.03. The average molecular weight is 165 g/mol. The first-order valence-electron chi connectivity index (χ1n) is 3.35. The quantitative estimate of drug-likeness (QED) is 0.378. The SMILES string of the molecule is C#CCCn1nccc1[N+](=O)[O-]. The van der Waals surface area contributed by atoms with Crippen LogP contribution in [0.2, 0.25) is 0 Å². The number of rotatable bonds is 3. The van der Waals surface area contributed by atoms with E-state index in [0.29, 0.717) is 13.0 Å². The van der Waals surface area contributed by atoms with Gasteiger partial charge in [0.15, 0.2) is 0 Å². The molecule has 12 heavy (non-hydrogen) atoms. The van der Waals surface area contributed by atoms with Gasteiger partial charge in [-0.25, -0.2) is 0 Å². The smallest absolute Gasteiger partial charge is 0.344 e. The number of aryl methyl sites for hydroxylation is 1. The molecule has 0 amide bonds. The third kappa shape index (κ3) is 1.61. The molecule has 5 heteroatoms. The van der Waals surface area contributed by atoms with Crippen LogP contribution in [0.1, 0.15) is 6.42 Å². The molecule has 0 radical (unpaired) electrons. The topological polar surface area (TPSA) is 61.0 Å². The summed E-state index contributed by atoms with van der Waals surface area (Å²) in [5.74, 6) is 2.37. The van der Waals surface area contributed by atoms with Gasteiger partial charge >= 0.3 is 5.82 Å². The Labute approximate surface area is 69.2 Å². The van der Waals surface area contributed by atoms with Crippen LogP contribution in [-0.2, 0) is 6.54 Å². The molecule has 0 aliphatic carbocycles. The summed E-state index contributed by atoms with van der Waals surface area (Å²) in [7, 11) is 0. The fourth-order valence-electron chi connectivity index (χ4n) is 0.824. The van der Waals surface area contributed by atoms with Crippen LogP contribution in [0, 0.1) is 22.5 Å². The molecular weight excluding hydrogens is 158 g/mol. The summed E-state index contributed by atoms with van der Waals surface area (Å²) in [5.41, 5.74) is 0.